The highest BCUT2D eigenvalue weighted by Crippen LogP contribution is 2.46. The lowest BCUT2D eigenvalue weighted by molar-refractivity contribution is -0.141. The summed E-state index contributed by atoms with van der Waals surface area (Å²) in [5.41, 5.74) is 5.81. The van der Waals surface area contributed by atoms with E-state index >= 15 is 4.39 Å². The number of methoxy groups -OCH3 is 1. The van der Waals surface area contributed by atoms with Crippen LogP contribution < -0.4 is 10.5 Å². The molecule has 1 saturated heterocycles. The van der Waals surface area contributed by atoms with Crippen LogP contribution in [-0.2, 0) is 15.1 Å². The van der Waals surface area contributed by atoms with Gasteiger partial charge in [-0.05, 0) is 69.6 Å². The minimum Gasteiger partial charge on any atom is -0.454 e. The largest absolute Gasteiger partial charge is 0.454 e. The summed E-state index contributed by atoms with van der Waals surface area (Å²) >= 11 is 0. The molecular formula is C30H41FN2O5. The fourth-order valence-corrected chi connectivity index (χ4v) is 6.01. The molecule has 0 bridgehead atoms. The molecule has 1 aliphatic heterocycles. The Morgan fingerprint density at radius 1 is 1.18 bits per heavy atom. The highest BCUT2D eigenvalue weighted by Gasteiger charge is 2.45. The number of nitrogens with zero attached hydrogens (tertiary/aromatic N) is 1. The summed E-state index contributed by atoms with van der Waals surface area (Å²) in [5.74, 6) is -0.661. The number of carbonyl (C=O) groups excluding carboxylic acids is 1. The van der Waals surface area contributed by atoms with Gasteiger partial charge in [0.1, 0.15) is 5.75 Å². The van der Waals surface area contributed by atoms with Gasteiger partial charge >= 0.3 is 0 Å². The zero-order chi connectivity index (χ0) is 27.3. The van der Waals surface area contributed by atoms with Gasteiger partial charge in [-0.1, -0.05) is 30.3 Å². The predicted octanol–water partition coefficient (Wildman–Crippen LogP) is 4.27. The van der Waals surface area contributed by atoms with E-state index in [1.54, 1.807) is 30.2 Å². The molecule has 208 valence electrons. The molecule has 0 spiro atoms. The van der Waals surface area contributed by atoms with Crippen molar-refractivity contribution in [2.24, 2.45) is 17.6 Å². The molecule has 5 atom stereocenters. The van der Waals surface area contributed by atoms with Crippen molar-refractivity contribution in [3.63, 3.8) is 0 Å². The number of nitrogens with two attached hydrogens (primary N) is 1. The molecule has 1 aliphatic carbocycles. The third-order valence-electron chi connectivity index (χ3n) is 8.23. The van der Waals surface area contributed by atoms with E-state index in [4.69, 9.17) is 15.2 Å². The average molecular weight is 529 g/mol. The quantitative estimate of drug-likeness (QED) is 0.398. The summed E-state index contributed by atoms with van der Waals surface area (Å²) in [6.45, 7) is 3.39. The van der Waals surface area contributed by atoms with E-state index in [9.17, 15) is 15.0 Å². The average Bonchev–Trinajstić information content (AvgIpc) is 3.26. The van der Waals surface area contributed by atoms with E-state index in [0.29, 0.717) is 63.1 Å². The Labute approximate surface area is 224 Å². The third-order valence-corrected chi connectivity index (χ3v) is 8.23. The van der Waals surface area contributed by atoms with Crippen LogP contribution in [0.5, 0.6) is 11.5 Å². The van der Waals surface area contributed by atoms with E-state index in [1.165, 1.54) is 6.07 Å². The van der Waals surface area contributed by atoms with Gasteiger partial charge in [-0.25, -0.2) is 4.39 Å². The molecule has 4 rings (SSSR count). The molecule has 7 nitrogen and oxygen atoms in total. The lowest BCUT2D eigenvalue weighted by Crippen LogP contribution is -2.49. The van der Waals surface area contributed by atoms with Crippen molar-refractivity contribution in [2.75, 3.05) is 26.8 Å². The summed E-state index contributed by atoms with van der Waals surface area (Å²) in [7, 11) is 1.64. The Hall–Kier alpha value is -2.52. The molecule has 2 aliphatic rings. The van der Waals surface area contributed by atoms with E-state index in [-0.39, 0.29) is 23.5 Å². The normalized spacial score (nSPS) is 25.3. The first kappa shape index (κ1) is 28.5. The van der Waals surface area contributed by atoms with Crippen LogP contribution in [0.2, 0.25) is 0 Å². The van der Waals surface area contributed by atoms with Crippen LogP contribution >= 0.6 is 0 Å². The number of rotatable bonds is 10. The van der Waals surface area contributed by atoms with Crippen LogP contribution in [0.1, 0.15) is 56.1 Å². The zero-order valence-electron chi connectivity index (χ0n) is 22.4. The van der Waals surface area contributed by atoms with Crippen LogP contribution in [-0.4, -0.2) is 60.0 Å². The first-order valence-corrected chi connectivity index (χ1v) is 13.7. The van der Waals surface area contributed by atoms with Crippen LogP contribution in [0, 0.1) is 24.6 Å². The van der Waals surface area contributed by atoms with Crippen molar-refractivity contribution in [3.8, 4) is 11.5 Å². The maximum Gasteiger partial charge on any atom is 0.225 e. The Morgan fingerprint density at radius 2 is 1.97 bits per heavy atom. The van der Waals surface area contributed by atoms with Crippen molar-refractivity contribution in [2.45, 2.75) is 69.6 Å². The van der Waals surface area contributed by atoms with Gasteiger partial charge in [0.15, 0.2) is 11.6 Å². The van der Waals surface area contributed by atoms with Crippen molar-refractivity contribution in [3.05, 3.63) is 59.4 Å². The van der Waals surface area contributed by atoms with Crippen molar-refractivity contribution in [1.82, 2.24) is 4.90 Å². The Kier molecular flexibility index (Phi) is 9.41. The van der Waals surface area contributed by atoms with Crippen LogP contribution in [0.3, 0.4) is 0 Å². The van der Waals surface area contributed by atoms with Crippen molar-refractivity contribution in [1.29, 1.82) is 0 Å². The Balaban J connectivity index is 1.65. The van der Waals surface area contributed by atoms with E-state index in [1.807, 2.05) is 25.1 Å². The van der Waals surface area contributed by atoms with Crippen molar-refractivity contribution >= 4 is 5.91 Å². The summed E-state index contributed by atoms with van der Waals surface area (Å²) in [4.78, 5) is 15.2. The topological polar surface area (TPSA) is 105 Å². The van der Waals surface area contributed by atoms with Gasteiger partial charge < -0.3 is 30.3 Å². The van der Waals surface area contributed by atoms with Gasteiger partial charge in [0.2, 0.25) is 5.91 Å². The summed E-state index contributed by atoms with van der Waals surface area (Å²) in [6, 6.07) is 11.7. The number of halogens is 1. The van der Waals surface area contributed by atoms with Gasteiger partial charge in [0.05, 0.1) is 11.7 Å². The Bertz CT molecular complexity index is 1090. The number of likely N-dealkylation sites (tertiary alicyclic amines) is 1. The fraction of sp³-hybridized carbons (Fsp3) is 0.567. The summed E-state index contributed by atoms with van der Waals surface area (Å²) < 4.78 is 26.7. The minimum absolute atomic E-state index is 0.0179. The van der Waals surface area contributed by atoms with Gasteiger partial charge in [-0.15, -0.1) is 0 Å². The number of unbranched alkanes of at least 4 members (excludes halogenated alkanes) is 1. The number of aliphatic hydroxyl groups excluding tert-OH is 1. The second-order valence-electron chi connectivity index (χ2n) is 10.9. The highest BCUT2D eigenvalue weighted by atomic mass is 19.1. The fourth-order valence-electron chi connectivity index (χ4n) is 6.01. The number of ether oxygens (including phenoxy) is 2. The number of para-hydroxylation sites is 2. The Morgan fingerprint density at radius 3 is 2.68 bits per heavy atom. The molecule has 5 unspecified atom stereocenters. The monoisotopic (exact) mass is 528 g/mol. The first-order valence-electron chi connectivity index (χ1n) is 13.7. The smallest absolute Gasteiger partial charge is 0.225 e. The highest BCUT2D eigenvalue weighted by molar-refractivity contribution is 5.79. The number of piperidine rings is 1. The maximum atomic E-state index is 15.3. The van der Waals surface area contributed by atoms with Gasteiger partial charge in [0, 0.05) is 50.2 Å². The minimum atomic E-state index is -1.42. The van der Waals surface area contributed by atoms with Gasteiger partial charge in [-0.2, -0.15) is 0 Å². The number of amides is 1. The first-order chi connectivity index (χ1) is 18.2. The molecule has 38 heavy (non-hydrogen) atoms. The van der Waals surface area contributed by atoms with E-state index in [0.717, 1.165) is 18.4 Å². The third kappa shape index (κ3) is 6.20. The van der Waals surface area contributed by atoms with Crippen molar-refractivity contribution < 1.29 is 28.9 Å². The van der Waals surface area contributed by atoms with Crippen LogP contribution in [0.25, 0.3) is 0 Å². The number of carbonyl (C=O) groups is 1. The number of aryl methyl sites for hydroxylation is 1. The summed E-state index contributed by atoms with van der Waals surface area (Å²) in [6.07, 6.45) is 3.36. The van der Waals surface area contributed by atoms with E-state index in [2.05, 4.69) is 0 Å². The number of hydrogen-bond acceptors (Lipinski definition) is 6. The molecule has 1 saturated carbocycles. The molecule has 1 amide bonds. The number of aliphatic hydroxyl groups is 2. The van der Waals surface area contributed by atoms with Gasteiger partial charge in [0.25, 0.3) is 0 Å². The molecule has 2 aromatic carbocycles. The molecule has 2 aromatic rings. The molecule has 1 heterocycles. The zero-order valence-corrected chi connectivity index (χ0v) is 22.4. The molecule has 4 N–H and O–H groups in total. The van der Waals surface area contributed by atoms with Crippen LogP contribution in [0.4, 0.5) is 4.39 Å². The second-order valence-corrected chi connectivity index (χ2v) is 10.9. The lowest BCUT2D eigenvalue weighted by atomic mass is 9.73. The number of benzene rings is 2. The van der Waals surface area contributed by atoms with Crippen LogP contribution in [0.15, 0.2) is 42.5 Å². The lowest BCUT2D eigenvalue weighted by Gasteiger charge is -2.44. The van der Waals surface area contributed by atoms with Gasteiger partial charge in [-0.3, -0.25) is 4.79 Å². The SMILES string of the molecule is COCCCCC(O)(c1cccc(F)c1Oc1ccccc1C)C1CCCN(C(=O)C2CC(N)C(O)C2)C1. The molecule has 8 heteroatoms. The second kappa shape index (κ2) is 12.6. The number of hydrogen-bond donors (Lipinski definition) is 3. The molecular weight excluding hydrogens is 487 g/mol. The summed E-state index contributed by atoms with van der Waals surface area (Å²) in [5, 5.41) is 22.5. The standard InChI is InChI=1S/C30H41FN2O5/c1-20-9-3-4-13-27(20)38-28-23(11-7-12-24(28)31)30(36,14-5-6-16-37-2)22-10-8-15-33(19-22)29(35)21-17-25(32)26(34)18-21/h3-4,7,9,11-13,21-22,25-26,34,36H,5-6,8,10,14-19,32H2,1-2H3. The molecule has 2 fully saturated rings. The molecule has 0 radical (unpaired) electrons. The van der Waals surface area contributed by atoms with E-state index < -0.39 is 23.6 Å². The maximum absolute atomic E-state index is 15.3. The molecule has 0 aromatic heterocycles. The predicted molar refractivity (Wildman–Crippen MR) is 143 cm³/mol.